The molecule has 2 aliphatic rings. The van der Waals surface area contributed by atoms with E-state index in [4.69, 9.17) is 0 Å². The Labute approximate surface area is 151 Å². The number of aryl methyl sites for hydroxylation is 1. The van der Waals surface area contributed by atoms with E-state index in [1.807, 2.05) is 35.4 Å². The highest BCUT2D eigenvalue weighted by Gasteiger charge is 2.61. The summed E-state index contributed by atoms with van der Waals surface area (Å²) in [5.41, 5.74) is 2.04. The fraction of sp³-hybridized carbons (Fsp3) is 0.421. The summed E-state index contributed by atoms with van der Waals surface area (Å²) >= 11 is 1.50. The molecule has 2 fully saturated rings. The highest BCUT2D eigenvalue weighted by atomic mass is 32.1. The quantitative estimate of drug-likeness (QED) is 0.917. The van der Waals surface area contributed by atoms with Gasteiger partial charge in [-0.2, -0.15) is 0 Å². The molecule has 1 saturated heterocycles. The molecule has 2 aromatic heterocycles. The van der Waals surface area contributed by atoms with E-state index >= 15 is 0 Å². The summed E-state index contributed by atoms with van der Waals surface area (Å²) in [4.78, 5) is 31.9. The van der Waals surface area contributed by atoms with Gasteiger partial charge in [-0.1, -0.05) is 6.07 Å². The van der Waals surface area contributed by atoms with E-state index in [0.717, 1.165) is 35.4 Å². The largest absolute Gasteiger partial charge is 0.352 e. The lowest BCUT2D eigenvalue weighted by molar-refractivity contribution is -0.123. The third-order valence-electron chi connectivity index (χ3n) is 5.42. The van der Waals surface area contributed by atoms with Crippen LogP contribution in [0.4, 0.5) is 0 Å². The maximum absolute atomic E-state index is 12.7. The van der Waals surface area contributed by atoms with E-state index in [1.54, 1.807) is 12.4 Å². The molecule has 130 valence electrons. The monoisotopic (exact) mass is 355 g/mol. The zero-order valence-electron chi connectivity index (χ0n) is 14.2. The van der Waals surface area contributed by atoms with Crippen molar-refractivity contribution in [2.75, 3.05) is 13.1 Å². The fourth-order valence-electron chi connectivity index (χ4n) is 3.79. The van der Waals surface area contributed by atoms with Gasteiger partial charge in [0.1, 0.15) is 0 Å². The zero-order valence-corrected chi connectivity index (χ0v) is 15.0. The highest BCUT2D eigenvalue weighted by Crippen LogP contribution is 2.58. The first-order valence-electron chi connectivity index (χ1n) is 8.59. The van der Waals surface area contributed by atoms with Crippen LogP contribution in [0.15, 0.2) is 36.0 Å². The van der Waals surface area contributed by atoms with Crippen molar-refractivity contribution in [2.45, 2.75) is 26.3 Å². The summed E-state index contributed by atoms with van der Waals surface area (Å²) in [6.07, 6.45) is 5.30. The average molecular weight is 355 g/mol. The first-order valence-corrected chi connectivity index (χ1v) is 9.47. The molecule has 25 heavy (non-hydrogen) atoms. The molecule has 6 heteroatoms. The SMILES string of the molecule is Cc1ccsc1C(=O)N1CCC2(CC2C(=O)NCc2cccnc2)C1. The second kappa shape index (κ2) is 6.26. The molecule has 0 aromatic carbocycles. The molecule has 1 aliphatic carbocycles. The van der Waals surface area contributed by atoms with Crippen LogP contribution in [0, 0.1) is 18.3 Å². The molecule has 2 atom stereocenters. The number of pyridine rings is 1. The topological polar surface area (TPSA) is 62.3 Å². The minimum absolute atomic E-state index is 0.000153. The van der Waals surface area contributed by atoms with Gasteiger partial charge < -0.3 is 10.2 Å². The molecule has 1 spiro atoms. The average Bonchev–Trinajstić information content (AvgIpc) is 2.93. The Morgan fingerprint density at radius 2 is 2.32 bits per heavy atom. The zero-order chi connectivity index (χ0) is 17.4. The minimum Gasteiger partial charge on any atom is -0.352 e. The molecule has 2 unspecified atom stereocenters. The van der Waals surface area contributed by atoms with Gasteiger partial charge in [0.05, 0.1) is 4.88 Å². The number of rotatable bonds is 4. The molecule has 1 saturated carbocycles. The van der Waals surface area contributed by atoms with Crippen molar-refractivity contribution in [3.8, 4) is 0 Å². The lowest BCUT2D eigenvalue weighted by Crippen LogP contribution is -2.31. The van der Waals surface area contributed by atoms with Gasteiger partial charge in [0.15, 0.2) is 0 Å². The van der Waals surface area contributed by atoms with E-state index in [-0.39, 0.29) is 23.1 Å². The molecule has 2 amide bonds. The van der Waals surface area contributed by atoms with Gasteiger partial charge in [-0.15, -0.1) is 11.3 Å². The number of aromatic nitrogens is 1. The lowest BCUT2D eigenvalue weighted by atomic mass is 10.0. The normalized spacial score (nSPS) is 24.5. The third-order valence-corrected chi connectivity index (χ3v) is 6.43. The molecule has 2 aromatic rings. The summed E-state index contributed by atoms with van der Waals surface area (Å²) in [5.74, 6) is 0.252. The molecule has 1 aliphatic heterocycles. The summed E-state index contributed by atoms with van der Waals surface area (Å²) in [6.45, 7) is 3.94. The van der Waals surface area contributed by atoms with Crippen LogP contribution in [0.5, 0.6) is 0 Å². The van der Waals surface area contributed by atoms with Crippen LogP contribution in [0.2, 0.25) is 0 Å². The van der Waals surface area contributed by atoms with Crippen molar-refractivity contribution >= 4 is 23.2 Å². The summed E-state index contributed by atoms with van der Waals surface area (Å²) in [5, 5.41) is 4.97. The number of nitrogens with one attached hydrogen (secondary N) is 1. The van der Waals surface area contributed by atoms with Crippen LogP contribution < -0.4 is 5.32 Å². The van der Waals surface area contributed by atoms with Crippen LogP contribution >= 0.6 is 11.3 Å². The number of nitrogens with zero attached hydrogens (tertiary/aromatic N) is 2. The molecular weight excluding hydrogens is 334 g/mol. The van der Waals surface area contributed by atoms with Crippen molar-refractivity contribution in [1.29, 1.82) is 0 Å². The van der Waals surface area contributed by atoms with Crippen LogP contribution in [0.1, 0.15) is 33.6 Å². The maximum Gasteiger partial charge on any atom is 0.264 e. The van der Waals surface area contributed by atoms with E-state index in [1.165, 1.54) is 11.3 Å². The Morgan fingerprint density at radius 3 is 3.04 bits per heavy atom. The molecule has 1 N–H and O–H groups in total. The van der Waals surface area contributed by atoms with Crippen molar-refractivity contribution in [3.63, 3.8) is 0 Å². The van der Waals surface area contributed by atoms with E-state index in [0.29, 0.717) is 13.1 Å². The number of carbonyl (C=O) groups is 2. The van der Waals surface area contributed by atoms with Gasteiger partial charge in [0.25, 0.3) is 5.91 Å². The first-order chi connectivity index (χ1) is 12.1. The van der Waals surface area contributed by atoms with Crippen LogP contribution in [0.3, 0.4) is 0 Å². The second-order valence-corrected chi connectivity index (χ2v) is 8.02. The fourth-order valence-corrected chi connectivity index (χ4v) is 4.68. The minimum atomic E-state index is -0.000153. The van der Waals surface area contributed by atoms with E-state index < -0.39 is 0 Å². The number of likely N-dealkylation sites (tertiary alicyclic amines) is 1. The van der Waals surface area contributed by atoms with Crippen molar-refractivity contribution in [3.05, 3.63) is 52.0 Å². The lowest BCUT2D eigenvalue weighted by Gasteiger charge is -2.16. The predicted octanol–water partition coefficient (Wildman–Crippen LogP) is 2.62. The smallest absolute Gasteiger partial charge is 0.264 e. The molecule has 5 nitrogen and oxygen atoms in total. The van der Waals surface area contributed by atoms with Gasteiger partial charge in [0.2, 0.25) is 5.91 Å². The molecule has 3 heterocycles. The molecular formula is C19H21N3O2S. The number of hydrogen-bond acceptors (Lipinski definition) is 4. The Balaban J connectivity index is 1.34. The summed E-state index contributed by atoms with van der Waals surface area (Å²) in [6, 6.07) is 5.80. The number of carbonyl (C=O) groups excluding carboxylic acids is 2. The number of thiophene rings is 1. The maximum atomic E-state index is 12.7. The Bertz CT molecular complexity index is 804. The Hall–Kier alpha value is -2.21. The third kappa shape index (κ3) is 3.06. The van der Waals surface area contributed by atoms with E-state index in [2.05, 4.69) is 10.3 Å². The summed E-state index contributed by atoms with van der Waals surface area (Å²) in [7, 11) is 0. The van der Waals surface area contributed by atoms with Crippen molar-refractivity contribution < 1.29 is 9.59 Å². The van der Waals surface area contributed by atoms with Crippen LogP contribution in [-0.2, 0) is 11.3 Å². The van der Waals surface area contributed by atoms with Gasteiger partial charge in [0, 0.05) is 43.4 Å². The predicted molar refractivity (Wildman–Crippen MR) is 96.2 cm³/mol. The van der Waals surface area contributed by atoms with Crippen molar-refractivity contribution in [1.82, 2.24) is 15.2 Å². The number of hydrogen-bond donors (Lipinski definition) is 1. The second-order valence-electron chi connectivity index (χ2n) is 7.11. The van der Waals surface area contributed by atoms with Gasteiger partial charge in [-0.25, -0.2) is 0 Å². The van der Waals surface area contributed by atoms with Gasteiger partial charge in [-0.05, 0) is 48.4 Å². The Morgan fingerprint density at radius 1 is 1.44 bits per heavy atom. The summed E-state index contributed by atoms with van der Waals surface area (Å²) < 4.78 is 0. The first kappa shape index (κ1) is 16.3. The standard InChI is InChI=1S/C19H21N3O2S/c1-13-4-8-25-16(13)18(24)22-7-5-19(12-22)9-15(19)17(23)21-11-14-3-2-6-20-10-14/h2-4,6,8,10,15H,5,7,9,11-12H2,1H3,(H,21,23). The van der Waals surface area contributed by atoms with E-state index in [9.17, 15) is 9.59 Å². The molecule has 4 rings (SSSR count). The van der Waals surface area contributed by atoms with Crippen LogP contribution in [0.25, 0.3) is 0 Å². The van der Waals surface area contributed by atoms with Crippen molar-refractivity contribution in [2.24, 2.45) is 11.3 Å². The number of amides is 2. The molecule has 0 radical (unpaired) electrons. The van der Waals surface area contributed by atoms with Crippen LogP contribution in [-0.4, -0.2) is 34.8 Å². The molecule has 0 bridgehead atoms. The van der Waals surface area contributed by atoms with Gasteiger partial charge in [-0.3, -0.25) is 14.6 Å². The highest BCUT2D eigenvalue weighted by molar-refractivity contribution is 7.12. The van der Waals surface area contributed by atoms with Gasteiger partial charge >= 0.3 is 0 Å². The Kier molecular flexibility index (Phi) is 4.07.